The van der Waals surface area contributed by atoms with E-state index in [-0.39, 0.29) is 11.7 Å². The second-order valence-corrected chi connectivity index (χ2v) is 10.3. The van der Waals surface area contributed by atoms with Crippen molar-refractivity contribution in [2.24, 2.45) is 0 Å². The predicted octanol–water partition coefficient (Wildman–Crippen LogP) is 3.00. The topological polar surface area (TPSA) is 81.8 Å². The third-order valence-corrected chi connectivity index (χ3v) is 6.65. The van der Waals surface area contributed by atoms with Crippen molar-refractivity contribution in [1.29, 1.82) is 0 Å². The van der Waals surface area contributed by atoms with Crippen molar-refractivity contribution in [3.05, 3.63) is 39.8 Å². The maximum Gasteiger partial charge on any atom is 0.410 e. The van der Waals surface area contributed by atoms with E-state index < -0.39 is 5.60 Å². The summed E-state index contributed by atoms with van der Waals surface area (Å²) in [6.07, 6.45) is 4.45. The number of fused-ring (bicyclic) bond motifs is 1. The Kier molecular flexibility index (Phi) is 7.05. The predicted molar refractivity (Wildman–Crippen MR) is 129 cm³/mol. The minimum atomic E-state index is -0.446. The molecule has 0 aromatic carbocycles. The number of H-pyrrole nitrogens is 1. The monoisotopic (exact) mass is 455 g/mol. The van der Waals surface area contributed by atoms with Gasteiger partial charge in [-0.25, -0.2) is 4.79 Å². The first kappa shape index (κ1) is 23.7. The zero-order valence-electron chi connectivity index (χ0n) is 20.4. The van der Waals surface area contributed by atoms with E-state index in [1.54, 1.807) is 0 Å². The highest BCUT2D eigenvalue weighted by Gasteiger charge is 2.31. The van der Waals surface area contributed by atoms with E-state index >= 15 is 0 Å². The molecule has 4 rings (SSSR count). The van der Waals surface area contributed by atoms with Crippen molar-refractivity contribution in [2.45, 2.75) is 65.1 Å². The Balaban J connectivity index is 1.26. The van der Waals surface area contributed by atoms with Gasteiger partial charge >= 0.3 is 6.09 Å². The third-order valence-electron chi connectivity index (χ3n) is 6.65. The Hall–Kier alpha value is -2.45. The summed E-state index contributed by atoms with van der Waals surface area (Å²) in [5.41, 5.74) is 3.09. The number of nitrogens with zero attached hydrogens (tertiary/aromatic N) is 4. The van der Waals surface area contributed by atoms with E-state index in [1.165, 1.54) is 0 Å². The van der Waals surface area contributed by atoms with Crippen molar-refractivity contribution in [2.75, 3.05) is 39.3 Å². The highest BCUT2D eigenvalue weighted by atomic mass is 16.6. The van der Waals surface area contributed by atoms with E-state index in [0.717, 1.165) is 80.8 Å². The summed E-state index contributed by atoms with van der Waals surface area (Å²) in [6.45, 7) is 14.2. The summed E-state index contributed by atoms with van der Waals surface area (Å²) < 4.78 is 5.52. The van der Waals surface area contributed by atoms with Crippen molar-refractivity contribution in [3.8, 4) is 0 Å². The van der Waals surface area contributed by atoms with Crippen molar-refractivity contribution in [1.82, 2.24) is 24.7 Å². The fourth-order valence-corrected chi connectivity index (χ4v) is 4.80. The molecule has 33 heavy (non-hydrogen) atoms. The minimum Gasteiger partial charge on any atom is -0.444 e. The molecule has 0 aliphatic carbocycles. The molecule has 2 aliphatic heterocycles. The number of rotatable bonds is 4. The number of hydrogen-bond donors (Lipinski definition) is 1. The van der Waals surface area contributed by atoms with Crippen LogP contribution in [-0.2, 0) is 17.7 Å². The maximum absolute atomic E-state index is 12.3. The molecule has 2 aromatic rings. The Morgan fingerprint density at radius 1 is 1.12 bits per heavy atom. The van der Waals surface area contributed by atoms with Gasteiger partial charge in [0, 0.05) is 63.6 Å². The third kappa shape index (κ3) is 5.92. The van der Waals surface area contributed by atoms with E-state index in [2.05, 4.69) is 25.8 Å². The molecule has 0 unspecified atom stereocenters. The van der Waals surface area contributed by atoms with Crippen LogP contribution in [0.2, 0.25) is 0 Å². The Bertz CT molecular complexity index is 1030. The van der Waals surface area contributed by atoms with E-state index in [0.29, 0.717) is 12.5 Å². The Morgan fingerprint density at radius 2 is 1.82 bits per heavy atom. The smallest absolute Gasteiger partial charge is 0.410 e. The molecule has 0 spiro atoms. The number of likely N-dealkylation sites (tertiary alicyclic amines) is 1. The number of aromatic nitrogens is 2. The van der Waals surface area contributed by atoms with Gasteiger partial charge in [0.05, 0.1) is 11.0 Å². The number of hydrogen-bond acceptors (Lipinski definition) is 6. The van der Waals surface area contributed by atoms with Crippen LogP contribution in [-0.4, -0.2) is 81.7 Å². The molecule has 8 heteroatoms. The second-order valence-electron chi connectivity index (χ2n) is 10.3. The van der Waals surface area contributed by atoms with Crippen LogP contribution in [0.5, 0.6) is 0 Å². The van der Waals surface area contributed by atoms with Crippen LogP contribution < -0.4 is 5.56 Å². The van der Waals surface area contributed by atoms with E-state index in [4.69, 9.17) is 4.74 Å². The van der Waals surface area contributed by atoms with Crippen molar-refractivity contribution < 1.29 is 9.53 Å². The van der Waals surface area contributed by atoms with Crippen LogP contribution in [0.1, 0.15) is 51.7 Å². The molecule has 0 bridgehead atoms. The van der Waals surface area contributed by atoms with Crippen LogP contribution in [0, 0.1) is 0 Å². The number of pyridine rings is 2. The number of piperidine rings is 1. The largest absolute Gasteiger partial charge is 0.444 e. The number of carbonyl (C=O) groups excluding carboxylic acids is 1. The Labute approximate surface area is 195 Å². The molecule has 2 fully saturated rings. The van der Waals surface area contributed by atoms with Gasteiger partial charge in [-0.2, -0.15) is 0 Å². The first-order chi connectivity index (χ1) is 15.7. The lowest BCUT2D eigenvalue weighted by molar-refractivity contribution is 0.00968. The summed E-state index contributed by atoms with van der Waals surface area (Å²) in [6, 6.07) is 4.48. The average Bonchev–Trinajstić information content (AvgIpc) is 2.78. The standard InChI is InChI=1S/C25H37N5O3/c1-5-19-15-21-22(27-23(19)31)14-18(16-26-21)17-28-10-12-29(13-11-28)20-6-8-30(9-7-20)24(32)33-25(2,3)4/h14-16,20H,5-13,17H2,1-4H3,(H,27,31). The first-order valence-corrected chi connectivity index (χ1v) is 12.2. The fourth-order valence-electron chi connectivity index (χ4n) is 4.80. The van der Waals surface area contributed by atoms with Gasteiger partial charge in [-0.3, -0.25) is 19.6 Å². The van der Waals surface area contributed by atoms with Crippen molar-refractivity contribution in [3.63, 3.8) is 0 Å². The van der Waals surface area contributed by atoms with Gasteiger partial charge < -0.3 is 14.6 Å². The SMILES string of the molecule is CCc1cc2ncc(CN3CCN(C4CCN(C(=O)OC(C)(C)C)CC4)CC3)cc2[nH]c1=O. The zero-order chi connectivity index (χ0) is 23.6. The normalized spacial score (nSPS) is 19.2. The lowest BCUT2D eigenvalue weighted by Gasteiger charge is -2.42. The molecule has 8 nitrogen and oxygen atoms in total. The van der Waals surface area contributed by atoms with Gasteiger partial charge in [-0.15, -0.1) is 0 Å². The molecule has 1 amide bonds. The van der Waals surface area contributed by atoms with Gasteiger partial charge in [0.25, 0.3) is 5.56 Å². The van der Waals surface area contributed by atoms with E-state index in [1.807, 2.05) is 44.9 Å². The summed E-state index contributed by atoms with van der Waals surface area (Å²) in [5.74, 6) is 0. The highest BCUT2D eigenvalue weighted by molar-refractivity contribution is 5.74. The van der Waals surface area contributed by atoms with Crippen LogP contribution in [0.25, 0.3) is 11.0 Å². The molecule has 180 valence electrons. The lowest BCUT2D eigenvalue weighted by Crippen LogP contribution is -2.53. The van der Waals surface area contributed by atoms with Crippen LogP contribution in [0.15, 0.2) is 23.1 Å². The minimum absolute atomic E-state index is 0.0183. The van der Waals surface area contributed by atoms with Gasteiger partial charge in [-0.05, 0) is 57.7 Å². The molecule has 1 N–H and O–H groups in total. The molecule has 2 aliphatic rings. The summed E-state index contributed by atoms with van der Waals surface area (Å²) >= 11 is 0. The first-order valence-electron chi connectivity index (χ1n) is 12.2. The van der Waals surface area contributed by atoms with Gasteiger partial charge in [0.2, 0.25) is 0 Å². The number of ether oxygens (including phenoxy) is 1. The van der Waals surface area contributed by atoms with Gasteiger partial charge in [0.15, 0.2) is 0 Å². The summed E-state index contributed by atoms with van der Waals surface area (Å²) in [4.78, 5) is 38.9. The molecular formula is C25H37N5O3. The van der Waals surface area contributed by atoms with Crippen molar-refractivity contribution >= 4 is 17.1 Å². The quantitative estimate of drug-likeness (QED) is 0.763. The van der Waals surface area contributed by atoms with Crippen LogP contribution in [0.4, 0.5) is 4.79 Å². The number of amides is 1. The number of nitrogens with one attached hydrogen (secondary N) is 1. The molecule has 0 radical (unpaired) electrons. The average molecular weight is 456 g/mol. The lowest BCUT2D eigenvalue weighted by atomic mass is 10.0. The molecule has 2 saturated heterocycles. The molecule has 0 atom stereocenters. The van der Waals surface area contributed by atoms with Crippen LogP contribution in [0.3, 0.4) is 0 Å². The Morgan fingerprint density at radius 3 is 2.45 bits per heavy atom. The fraction of sp³-hybridized carbons (Fsp3) is 0.640. The second kappa shape index (κ2) is 9.81. The maximum atomic E-state index is 12.3. The molecule has 4 heterocycles. The van der Waals surface area contributed by atoms with E-state index in [9.17, 15) is 9.59 Å². The zero-order valence-corrected chi connectivity index (χ0v) is 20.4. The number of carbonyl (C=O) groups is 1. The summed E-state index contributed by atoms with van der Waals surface area (Å²) in [5, 5.41) is 0. The number of piperazine rings is 1. The number of aryl methyl sites for hydroxylation is 1. The van der Waals surface area contributed by atoms with Gasteiger partial charge in [0.1, 0.15) is 5.60 Å². The van der Waals surface area contributed by atoms with Crippen LogP contribution >= 0.6 is 0 Å². The van der Waals surface area contributed by atoms with Gasteiger partial charge in [-0.1, -0.05) is 6.92 Å². The highest BCUT2D eigenvalue weighted by Crippen LogP contribution is 2.21. The summed E-state index contributed by atoms with van der Waals surface area (Å²) in [7, 11) is 0. The molecule has 2 aromatic heterocycles. The number of aromatic amines is 1. The molecule has 0 saturated carbocycles. The molecular weight excluding hydrogens is 418 g/mol.